The number of carbonyl (C=O) groups is 1. The van der Waals surface area contributed by atoms with E-state index < -0.39 is 0 Å². The summed E-state index contributed by atoms with van der Waals surface area (Å²) in [4.78, 5) is 13.3. The van der Waals surface area contributed by atoms with Crippen LogP contribution in [0.15, 0.2) is 42.5 Å². The van der Waals surface area contributed by atoms with Crippen molar-refractivity contribution in [3.8, 4) is 5.75 Å². The van der Waals surface area contributed by atoms with Gasteiger partial charge in [0.25, 0.3) is 5.91 Å². The summed E-state index contributed by atoms with van der Waals surface area (Å²) in [6.07, 6.45) is 0. The van der Waals surface area contributed by atoms with E-state index in [1.807, 2.05) is 31.3 Å². The molecule has 0 aliphatic heterocycles. The molecule has 1 atom stereocenters. The van der Waals surface area contributed by atoms with Gasteiger partial charge in [-0.25, -0.2) is 0 Å². The Morgan fingerprint density at radius 3 is 2.70 bits per heavy atom. The zero-order valence-electron chi connectivity index (χ0n) is 14.3. The monoisotopic (exact) mass is 313 g/mol. The highest BCUT2D eigenvalue weighted by molar-refractivity contribution is 5.91. The highest BCUT2D eigenvalue weighted by Crippen LogP contribution is 2.16. The summed E-state index contributed by atoms with van der Waals surface area (Å²) in [5, 5.41) is 2.92. The van der Waals surface area contributed by atoms with E-state index in [-0.39, 0.29) is 5.91 Å². The SMILES string of the molecule is COc1cccc(NC(=O)C[NH+](C)Cc2cc(C)ccc2C)c1. The van der Waals surface area contributed by atoms with E-state index in [0.717, 1.165) is 22.9 Å². The number of likely N-dealkylation sites (N-methyl/N-ethyl adjacent to an activating group) is 1. The molecule has 1 amide bonds. The number of ether oxygens (including phenoxy) is 1. The van der Waals surface area contributed by atoms with Gasteiger partial charge in [0.1, 0.15) is 12.3 Å². The van der Waals surface area contributed by atoms with Crippen molar-refractivity contribution >= 4 is 11.6 Å². The van der Waals surface area contributed by atoms with E-state index >= 15 is 0 Å². The normalized spacial score (nSPS) is 11.8. The smallest absolute Gasteiger partial charge is 0.279 e. The molecule has 23 heavy (non-hydrogen) atoms. The lowest BCUT2D eigenvalue weighted by molar-refractivity contribution is -0.885. The predicted molar refractivity (Wildman–Crippen MR) is 93.0 cm³/mol. The van der Waals surface area contributed by atoms with Crippen LogP contribution in [0.4, 0.5) is 5.69 Å². The number of hydrogen-bond acceptors (Lipinski definition) is 2. The zero-order valence-corrected chi connectivity index (χ0v) is 14.3. The maximum absolute atomic E-state index is 12.2. The largest absolute Gasteiger partial charge is 0.497 e. The molecule has 2 N–H and O–H groups in total. The zero-order chi connectivity index (χ0) is 16.8. The van der Waals surface area contributed by atoms with E-state index in [9.17, 15) is 4.79 Å². The molecular formula is C19H25N2O2+. The molecule has 0 aromatic heterocycles. The van der Waals surface area contributed by atoms with Crippen LogP contribution in [0.3, 0.4) is 0 Å². The molecule has 0 saturated carbocycles. The van der Waals surface area contributed by atoms with Crippen molar-refractivity contribution < 1.29 is 14.4 Å². The third-order valence-electron chi connectivity index (χ3n) is 3.81. The Morgan fingerprint density at radius 2 is 1.96 bits per heavy atom. The fourth-order valence-electron chi connectivity index (χ4n) is 2.56. The lowest BCUT2D eigenvalue weighted by Gasteiger charge is -2.16. The van der Waals surface area contributed by atoms with Gasteiger partial charge in [-0.2, -0.15) is 0 Å². The summed E-state index contributed by atoms with van der Waals surface area (Å²) in [5.41, 5.74) is 4.56. The standard InChI is InChI=1S/C19H24N2O2/c1-14-8-9-15(2)16(10-14)12-21(3)13-19(22)20-17-6-5-7-18(11-17)23-4/h5-11H,12-13H2,1-4H3,(H,20,22)/p+1. The number of methoxy groups -OCH3 is 1. The first kappa shape index (κ1) is 17.0. The number of hydrogen-bond donors (Lipinski definition) is 2. The number of rotatable bonds is 6. The number of nitrogens with one attached hydrogen (secondary N) is 2. The number of carbonyl (C=O) groups excluding carboxylic acids is 1. The fourth-order valence-corrected chi connectivity index (χ4v) is 2.56. The molecule has 0 aliphatic carbocycles. The Balaban J connectivity index is 1.92. The Bertz CT molecular complexity index is 683. The van der Waals surface area contributed by atoms with Crippen LogP contribution in [0.2, 0.25) is 0 Å². The average Bonchev–Trinajstić information content (AvgIpc) is 2.50. The summed E-state index contributed by atoms with van der Waals surface area (Å²) in [6.45, 7) is 5.45. The molecule has 0 saturated heterocycles. The van der Waals surface area contributed by atoms with Crippen molar-refractivity contribution in [2.45, 2.75) is 20.4 Å². The van der Waals surface area contributed by atoms with Crippen LogP contribution in [0.5, 0.6) is 5.75 Å². The minimum atomic E-state index is 0.000981. The van der Waals surface area contributed by atoms with E-state index in [0.29, 0.717) is 6.54 Å². The second-order valence-electron chi connectivity index (χ2n) is 6.02. The van der Waals surface area contributed by atoms with Gasteiger partial charge in [0, 0.05) is 17.3 Å². The van der Waals surface area contributed by atoms with E-state index in [1.54, 1.807) is 7.11 Å². The third kappa shape index (κ3) is 5.11. The first-order valence-electron chi connectivity index (χ1n) is 7.79. The fraction of sp³-hybridized carbons (Fsp3) is 0.316. The topological polar surface area (TPSA) is 42.8 Å². The number of benzene rings is 2. The maximum atomic E-state index is 12.2. The molecule has 0 bridgehead atoms. The molecule has 0 fully saturated rings. The molecule has 4 heteroatoms. The minimum absolute atomic E-state index is 0.000981. The van der Waals surface area contributed by atoms with Gasteiger partial charge in [0.15, 0.2) is 6.54 Å². The Kier molecular flexibility index (Phi) is 5.77. The van der Waals surface area contributed by atoms with Crippen LogP contribution in [0.1, 0.15) is 16.7 Å². The molecule has 2 rings (SSSR count). The quantitative estimate of drug-likeness (QED) is 0.856. The van der Waals surface area contributed by atoms with Crippen molar-refractivity contribution in [3.05, 3.63) is 59.2 Å². The van der Waals surface area contributed by atoms with Gasteiger partial charge in [-0.05, 0) is 31.5 Å². The number of aryl methyl sites for hydroxylation is 2. The molecule has 2 aromatic rings. The van der Waals surface area contributed by atoms with Gasteiger partial charge in [-0.15, -0.1) is 0 Å². The summed E-state index contributed by atoms with van der Waals surface area (Å²) in [5.74, 6) is 0.736. The summed E-state index contributed by atoms with van der Waals surface area (Å²) < 4.78 is 5.16. The van der Waals surface area contributed by atoms with Crippen molar-refractivity contribution in [1.82, 2.24) is 0 Å². The number of anilines is 1. The number of amides is 1. The van der Waals surface area contributed by atoms with Crippen LogP contribution in [-0.2, 0) is 11.3 Å². The summed E-state index contributed by atoms with van der Waals surface area (Å²) in [7, 11) is 3.65. The van der Waals surface area contributed by atoms with Gasteiger partial charge in [0.2, 0.25) is 0 Å². The summed E-state index contributed by atoms with van der Waals surface area (Å²) in [6, 6.07) is 13.8. The molecule has 1 unspecified atom stereocenters. The molecule has 122 valence electrons. The second kappa shape index (κ2) is 7.79. The molecule has 2 aromatic carbocycles. The van der Waals surface area contributed by atoms with E-state index in [4.69, 9.17) is 4.74 Å². The lowest BCUT2D eigenvalue weighted by Crippen LogP contribution is -3.08. The third-order valence-corrected chi connectivity index (χ3v) is 3.81. The maximum Gasteiger partial charge on any atom is 0.279 e. The van der Waals surface area contributed by atoms with Gasteiger partial charge < -0.3 is 15.0 Å². The highest BCUT2D eigenvalue weighted by Gasteiger charge is 2.12. The van der Waals surface area contributed by atoms with Gasteiger partial charge in [-0.1, -0.05) is 29.8 Å². The van der Waals surface area contributed by atoms with Crippen molar-refractivity contribution in [2.24, 2.45) is 0 Å². The van der Waals surface area contributed by atoms with Gasteiger partial charge >= 0.3 is 0 Å². The van der Waals surface area contributed by atoms with Crippen molar-refractivity contribution in [3.63, 3.8) is 0 Å². The van der Waals surface area contributed by atoms with Crippen molar-refractivity contribution in [1.29, 1.82) is 0 Å². The van der Waals surface area contributed by atoms with Crippen LogP contribution < -0.4 is 15.0 Å². The molecule has 0 aliphatic rings. The first-order valence-corrected chi connectivity index (χ1v) is 7.79. The molecule has 0 spiro atoms. The molecular weight excluding hydrogens is 288 g/mol. The van der Waals surface area contributed by atoms with Gasteiger partial charge in [0.05, 0.1) is 14.2 Å². The van der Waals surface area contributed by atoms with Gasteiger partial charge in [-0.3, -0.25) is 4.79 Å². The lowest BCUT2D eigenvalue weighted by atomic mass is 10.1. The van der Waals surface area contributed by atoms with E-state index in [2.05, 4.69) is 37.4 Å². The van der Waals surface area contributed by atoms with Crippen LogP contribution in [0, 0.1) is 13.8 Å². The van der Waals surface area contributed by atoms with Crippen LogP contribution in [-0.4, -0.2) is 26.6 Å². The van der Waals surface area contributed by atoms with Crippen LogP contribution >= 0.6 is 0 Å². The highest BCUT2D eigenvalue weighted by atomic mass is 16.5. The molecule has 0 radical (unpaired) electrons. The first-order chi connectivity index (χ1) is 11.0. The predicted octanol–water partition coefficient (Wildman–Crippen LogP) is 1.97. The average molecular weight is 313 g/mol. The Morgan fingerprint density at radius 1 is 1.17 bits per heavy atom. The number of quaternary nitrogens is 1. The molecule has 4 nitrogen and oxygen atoms in total. The Hall–Kier alpha value is -2.33. The van der Waals surface area contributed by atoms with Crippen LogP contribution in [0.25, 0.3) is 0 Å². The van der Waals surface area contributed by atoms with E-state index in [1.165, 1.54) is 16.7 Å². The summed E-state index contributed by atoms with van der Waals surface area (Å²) >= 11 is 0. The molecule has 0 heterocycles. The Labute approximate surface area is 138 Å². The van der Waals surface area contributed by atoms with Crippen molar-refractivity contribution in [2.75, 3.05) is 26.0 Å². The second-order valence-corrected chi connectivity index (χ2v) is 6.02. The minimum Gasteiger partial charge on any atom is -0.497 e.